The van der Waals surface area contributed by atoms with Gasteiger partial charge in [0.05, 0.1) is 0 Å². The zero-order valence-electron chi connectivity index (χ0n) is 15.9. The van der Waals surface area contributed by atoms with Gasteiger partial charge in [0.2, 0.25) is 0 Å². The lowest BCUT2D eigenvalue weighted by atomic mass is 10.0. The Hall–Kier alpha value is -2.33. The lowest BCUT2D eigenvalue weighted by Gasteiger charge is -2.19. The van der Waals surface area contributed by atoms with Gasteiger partial charge in [0.25, 0.3) is 0 Å². The molecule has 0 spiro atoms. The molecule has 1 heterocycles. The normalized spacial score (nSPS) is 13.3. The second kappa shape index (κ2) is 9.39. The van der Waals surface area contributed by atoms with Crippen LogP contribution in [0.3, 0.4) is 0 Å². The van der Waals surface area contributed by atoms with Crippen LogP contribution in [0.4, 0.5) is 0 Å². The highest BCUT2D eigenvalue weighted by Gasteiger charge is 2.12. The van der Waals surface area contributed by atoms with Crippen molar-refractivity contribution in [2.45, 2.75) is 26.8 Å². The van der Waals surface area contributed by atoms with Crippen LogP contribution in [0.25, 0.3) is 0 Å². The van der Waals surface area contributed by atoms with Gasteiger partial charge in [-0.25, -0.2) is 0 Å². The minimum atomic E-state index is 0.729. The van der Waals surface area contributed by atoms with E-state index in [2.05, 4.69) is 77.6 Å². The minimum Gasteiger partial charge on any atom is -0.492 e. The second-order valence-corrected chi connectivity index (χ2v) is 6.51. The maximum absolute atomic E-state index is 5.85. The molecule has 0 radical (unpaired) electrons. The summed E-state index contributed by atoms with van der Waals surface area (Å²) in [5.74, 6) is 1.94. The Balaban J connectivity index is 1.50. The molecule has 0 atom stereocenters. The van der Waals surface area contributed by atoms with E-state index in [1.165, 1.54) is 16.7 Å². The molecule has 0 saturated heterocycles. The zero-order valence-corrected chi connectivity index (χ0v) is 15.9. The van der Waals surface area contributed by atoms with Gasteiger partial charge in [-0.05, 0) is 42.8 Å². The van der Waals surface area contributed by atoms with Crippen molar-refractivity contribution in [3.05, 3.63) is 65.2 Å². The van der Waals surface area contributed by atoms with Crippen LogP contribution in [0.15, 0.2) is 53.5 Å². The van der Waals surface area contributed by atoms with Gasteiger partial charge in [0.15, 0.2) is 0 Å². The largest absolute Gasteiger partial charge is 0.492 e. The predicted octanol–water partition coefficient (Wildman–Crippen LogP) is 3.50. The summed E-state index contributed by atoms with van der Waals surface area (Å²) in [6.45, 7) is 9.82. The summed E-state index contributed by atoms with van der Waals surface area (Å²) < 4.78 is 5.85. The van der Waals surface area contributed by atoms with E-state index in [0.717, 1.165) is 57.3 Å². The molecule has 0 aliphatic carbocycles. The molecule has 1 N–H and O–H groups in total. The van der Waals surface area contributed by atoms with E-state index in [9.17, 15) is 0 Å². The quantitative estimate of drug-likeness (QED) is 0.791. The summed E-state index contributed by atoms with van der Waals surface area (Å²) >= 11 is 0. The highest BCUT2D eigenvalue weighted by molar-refractivity contribution is 6.00. The van der Waals surface area contributed by atoms with E-state index < -0.39 is 0 Å². The van der Waals surface area contributed by atoms with Crippen LogP contribution in [0.5, 0.6) is 5.75 Å². The molecule has 0 unspecified atom stereocenters. The number of likely N-dealkylation sites (N-methyl/N-ethyl adjacent to an activating group) is 1. The molecule has 1 aliphatic heterocycles. The summed E-state index contributed by atoms with van der Waals surface area (Å²) in [6, 6.07) is 16.9. The average Bonchev–Trinajstić information content (AvgIpc) is 2.70. The molecule has 0 bridgehead atoms. The molecular formula is C22H29N3O. The van der Waals surface area contributed by atoms with Gasteiger partial charge in [0.1, 0.15) is 18.2 Å². The fourth-order valence-electron chi connectivity index (χ4n) is 3.22. The van der Waals surface area contributed by atoms with Crippen LogP contribution in [0, 0.1) is 0 Å². The average molecular weight is 351 g/mol. The lowest BCUT2D eigenvalue weighted by Crippen LogP contribution is -2.28. The predicted molar refractivity (Wildman–Crippen MR) is 108 cm³/mol. The number of ether oxygens (including phenoxy) is 1. The van der Waals surface area contributed by atoms with Crippen LogP contribution >= 0.6 is 0 Å². The van der Waals surface area contributed by atoms with Gasteiger partial charge in [0, 0.05) is 25.2 Å². The van der Waals surface area contributed by atoms with Crippen LogP contribution in [-0.4, -0.2) is 43.5 Å². The van der Waals surface area contributed by atoms with Gasteiger partial charge in [-0.2, -0.15) is 0 Å². The van der Waals surface area contributed by atoms with Crippen molar-refractivity contribution >= 4 is 5.84 Å². The molecule has 1 aliphatic rings. The molecule has 4 nitrogen and oxygen atoms in total. The Labute approximate surface area is 156 Å². The fourth-order valence-corrected chi connectivity index (χ4v) is 3.22. The van der Waals surface area contributed by atoms with Gasteiger partial charge < -0.3 is 15.0 Å². The Kier molecular flexibility index (Phi) is 6.67. The van der Waals surface area contributed by atoms with Gasteiger partial charge in [-0.15, -0.1) is 0 Å². The van der Waals surface area contributed by atoms with Gasteiger partial charge in [-0.3, -0.25) is 4.99 Å². The lowest BCUT2D eigenvalue weighted by molar-refractivity contribution is 0.223. The first kappa shape index (κ1) is 18.5. The highest BCUT2D eigenvalue weighted by Crippen LogP contribution is 2.16. The third-order valence-electron chi connectivity index (χ3n) is 4.88. The molecule has 26 heavy (non-hydrogen) atoms. The number of hydrogen-bond donors (Lipinski definition) is 1. The third-order valence-corrected chi connectivity index (χ3v) is 4.88. The summed E-state index contributed by atoms with van der Waals surface area (Å²) in [5, 5.41) is 3.49. The zero-order chi connectivity index (χ0) is 18.2. The monoisotopic (exact) mass is 351 g/mol. The number of fused-ring (bicyclic) bond motifs is 1. The second-order valence-electron chi connectivity index (χ2n) is 6.51. The first-order valence-electron chi connectivity index (χ1n) is 9.60. The van der Waals surface area contributed by atoms with E-state index in [1.807, 2.05) is 0 Å². The maximum atomic E-state index is 5.85. The van der Waals surface area contributed by atoms with Crippen molar-refractivity contribution in [1.82, 2.24) is 10.2 Å². The first-order valence-corrected chi connectivity index (χ1v) is 9.60. The number of hydrogen-bond acceptors (Lipinski definition) is 4. The van der Waals surface area contributed by atoms with Crippen molar-refractivity contribution in [2.24, 2.45) is 4.99 Å². The Morgan fingerprint density at radius 1 is 1.04 bits per heavy atom. The van der Waals surface area contributed by atoms with Crippen LogP contribution < -0.4 is 10.1 Å². The van der Waals surface area contributed by atoms with Crippen molar-refractivity contribution in [1.29, 1.82) is 0 Å². The molecule has 0 saturated carbocycles. The molecule has 3 rings (SSSR count). The number of nitrogens with one attached hydrogen (secondary N) is 1. The van der Waals surface area contributed by atoms with Crippen molar-refractivity contribution < 1.29 is 4.74 Å². The number of aliphatic imine (C=N–C) groups is 1. The Morgan fingerprint density at radius 2 is 1.81 bits per heavy atom. The SMILES string of the molecule is CCN(CC)CCOc1ccc(CNC2=NCCc3ccccc32)cc1. The summed E-state index contributed by atoms with van der Waals surface area (Å²) in [6.07, 6.45) is 1.03. The number of rotatable bonds is 8. The number of benzene rings is 2. The summed E-state index contributed by atoms with van der Waals surface area (Å²) in [4.78, 5) is 7.01. The molecule has 2 aromatic carbocycles. The van der Waals surface area contributed by atoms with Crippen molar-refractivity contribution in [3.63, 3.8) is 0 Å². The maximum Gasteiger partial charge on any atom is 0.128 e. The van der Waals surface area contributed by atoms with Crippen LogP contribution in [0.1, 0.15) is 30.5 Å². The fraction of sp³-hybridized carbons (Fsp3) is 0.409. The Morgan fingerprint density at radius 3 is 2.58 bits per heavy atom. The van der Waals surface area contributed by atoms with Gasteiger partial charge >= 0.3 is 0 Å². The minimum absolute atomic E-state index is 0.729. The number of nitrogens with zero attached hydrogens (tertiary/aromatic N) is 2. The van der Waals surface area contributed by atoms with E-state index in [1.54, 1.807) is 0 Å². The summed E-state index contributed by atoms with van der Waals surface area (Å²) in [7, 11) is 0. The third kappa shape index (κ3) is 4.85. The topological polar surface area (TPSA) is 36.9 Å². The van der Waals surface area contributed by atoms with Crippen LogP contribution in [0.2, 0.25) is 0 Å². The highest BCUT2D eigenvalue weighted by atomic mass is 16.5. The van der Waals surface area contributed by atoms with Gasteiger partial charge in [-0.1, -0.05) is 50.2 Å². The molecule has 0 fully saturated rings. The van der Waals surface area contributed by atoms with Crippen molar-refractivity contribution in [3.8, 4) is 5.75 Å². The summed E-state index contributed by atoms with van der Waals surface area (Å²) in [5.41, 5.74) is 3.84. The number of amidine groups is 1. The van der Waals surface area contributed by atoms with E-state index in [-0.39, 0.29) is 0 Å². The smallest absolute Gasteiger partial charge is 0.128 e. The van der Waals surface area contributed by atoms with Crippen LogP contribution in [-0.2, 0) is 13.0 Å². The molecular weight excluding hydrogens is 322 g/mol. The Bertz CT molecular complexity index is 720. The first-order chi connectivity index (χ1) is 12.8. The molecule has 0 aromatic heterocycles. The molecule has 0 amide bonds. The van der Waals surface area contributed by atoms with Crippen molar-refractivity contribution in [2.75, 3.05) is 32.8 Å². The molecule has 4 heteroatoms. The standard InChI is InChI=1S/C22H29N3O/c1-3-25(4-2)15-16-26-20-11-9-18(10-12-20)17-24-22-21-8-6-5-7-19(21)13-14-23-22/h5-12H,3-4,13-17H2,1-2H3,(H,23,24). The van der Waals surface area contributed by atoms with E-state index in [0.29, 0.717) is 0 Å². The molecule has 2 aromatic rings. The van der Waals surface area contributed by atoms with E-state index >= 15 is 0 Å². The van der Waals surface area contributed by atoms with E-state index in [4.69, 9.17) is 4.74 Å². The molecule has 138 valence electrons.